The lowest BCUT2D eigenvalue weighted by Crippen LogP contribution is -2.39. The third-order valence-corrected chi connectivity index (χ3v) is 5.26. The number of rotatable bonds is 3. The smallest absolute Gasteiger partial charge is 0.268 e. The van der Waals surface area contributed by atoms with Gasteiger partial charge in [0.15, 0.2) is 6.73 Å². The summed E-state index contributed by atoms with van der Waals surface area (Å²) in [6.45, 7) is -0.0563. The predicted octanol–water partition coefficient (Wildman–Crippen LogP) is 4.78. The molecule has 0 atom stereocenters. The molecule has 7 nitrogen and oxygen atoms in total. The van der Waals surface area contributed by atoms with E-state index in [0.29, 0.717) is 21.7 Å². The Morgan fingerprint density at radius 1 is 1.14 bits per heavy atom. The topological polar surface area (TPSA) is 79.7 Å². The van der Waals surface area contributed by atoms with Gasteiger partial charge < -0.3 is 10.1 Å². The first kappa shape index (κ1) is 17.9. The summed E-state index contributed by atoms with van der Waals surface area (Å²) in [6, 6.07) is 10.9. The van der Waals surface area contributed by atoms with E-state index in [4.69, 9.17) is 27.9 Å². The van der Waals surface area contributed by atoms with Crippen LogP contribution in [0.15, 0.2) is 47.6 Å². The Morgan fingerprint density at radius 3 is 2.79 bits per heavy atom. The Hall–Kier alpha value is -3.16. The van der Waals surface area contributed by atoms with Crippen molar-refractivity contribution in [2.75, 3.05) is 16.9 Å². The van der Waals surface area contributed by atoms with Crippen LogP contribution in [0.3, 0.4) is 0 Å². The monoisotopic (exact) mass is 425 g/mol. The molecule has 1 amide bonds. The summed E-state index contributed by atoms with van der Waals surface area (Å²) in [6.07, 6.45) is 4.14. The highest BCUT2D eigenvalue weighted by atomic mass is 35.5. The van der Waals surface area contributed by atoms with Crippen LogP contribution in [0, 0.1) is 0 Å². The molecule has 9 heteroatoms. The van der Waals surface area contributed by atoms with Crippen LogP contribution < -0.4 is 15.0 Å². The second-order valence-corrected chi connectivity index (χ2v) is 7.29. The SMILES string of the molecule is O=C1c2cnc(Nc3ccc4c(c3)N=CC4)nc2OCN1c1c(Cl)cccc1Cl. The van der Waals surface area contributed by atoms with Gasteiger partial charge in [-0.15, -0.1) is 0 Å². The Bertz CT molecular complexity index is 1160. The number of ether oxygens (including phenoxy) is 1. The number of fused-ring (bicyclic) bond motifs is 2. The number of carbonyl (C=O) groups excluding carboxylic acids is 1. The Balaban J connectivity index is 1.42. The summed E-state index contributed by atoms with van der Waals surface area (Å²) in [5.41, 5.74) is 3.53. The van der Waals surface area contributed by atoms with E-state index >= 15 is 0 Å². The van der Waals surface area contributed by atoms with Crippen LogP contribution in [0.1, 0.15) is 15.9 Å². The number of aliphatic imine (C=N–C) groups is 1. The van der Waals surface area contributed by atoms with Gasteiger partial charge in [-0.25, -0.2) is 4.98 Å². The summed E-state index contributed by atoms with van der Waals surface area (Å²) in [5, 5.41) is 3.83. The lowest BCUT2D eigenvalue weighted by molar-refractivity contribution is 0.0932. The molecule has 0 saturated heterocycles. The average molecular weight is 426 g/mol. The number of halogens is 2. The second-order valence-electron chi connectivity index (χ2n) is 6.47. The van der Waals surface area contributed by atoms with Crippen molar-refractivity contribution in [2.24, 2.45) is 4.99 Å². The molecule has 0 unspecified atom stereocenters. The van der Waals surface area contributed by atoms with E-state index in [9.17, 15) is 4.79 Å². The highest BCUT2D eigenvalue weighted by Crippen LogP contribution is 2.37. The Morgan fingerprint density at radius 2 is 1.97 bits per heavy atom. The number of hydrogen-bond donors (Lipinski definition) is 1. The predicted molar refractivity (Wildman–Crippen MR) is 112 cm³/mol. The van der Waals surface area contributed by atoms with E-state index in [1.54, 1.807) is 18.2 Å². The van der Waals surface area contributed by atoms with Crippen LogP contribution in [-0.2, 0) is 6.42 Å². The molecule has 1 aromatic heterocycles. The zero-order chi connectivity index (χ0) is 20.0. The lowest BCUT2D eigenvalue weighted by Gasteiger charge is -2.29. The van der Waals surface area contributed by atoms with Crippen LogP contribution in [0.4, 0.5) is 23.0 Å². The molecule has 0 aliphatic carbocycles. The Labute approximate surface area is 176 Å². The maximum atomic E-state index is 12.9. The molecule has 0 radical (unpaired) electrons. The number of anilines is 3. The maximum Gasteiger partial charge on any atom is 0.268 e. The third-order valence-electron chi connectivity index (χ3n) is 4.65. The fraction of sp³-hybridized carbons (Fsp3) is 0.100. The zero-order valence-electron chi connectivity index (χ0n) is 14.9. The van der Waals surface area contributed by atoms with E-state index in [-0.39, 0.29) is 24.1 Å². The Kier molecular flexibility index (Phi) is 4.34. The first-order valence-corrected chi connectivity index (χ1v) is 9.54. The summed E-state index contributed by atoms with van der Waals surface area (Å²) in [4.78, 5) is 27.2. The number of aromatic nitrogens is 2. The highest BCUT2D eigenvalue weighted by molar-refractivity contribution is 6.40. The minimum Gasteiger partial charge on any atom is -0.455 e. The van der Waals surface area contributed by atoms with Crippen LogP contribution in [0.25, 0.3) is 0 Å². The van der Waals surface area contributed by atoms with E-state index < -0.39 is 0 Å². The molecule has 0 saturated carbocycles. The summed E-state index contributed by atoms with van der Waals surface area (Å²) >= 11 is 12.5. The molecule has 1 N–H and O–H groups in total. The fourth-order valence-corrected chi connectivity index (χ4v) is 3.83. The minimum absolute atomic E-state index is 0.0563. The quantitative estimate of drug-likeness (QED) is 0.652. The van der Waals surface area contributed by atoms with Gasteiger partial charge in [-0.3, -0.25) is 14.7 Å². The van der Waals surface area contributed by atoms with Crippen LogP contribution >= 0.6 is 23.2 Å². The van der Waals surface area contributed by atoms with Gasteiger partial charge in [0.1, 0.15) is 5.56 Å². The number of amides is 1. The fourth-order valence-electron chi connectivity index (χ4n) is 3.23. The van der Waals surface area contributed by atoms with Crippen LogP contribution in [0.5, 0.6) is 5.88 Å². The minimum atomic E-state index is -0.334. The van der Waals surface area contributed by atoms with Gasteiger partial charge in [-0.1, -0.05) is 35.3 Å². The van der Waals surface area contributed by atoms with E-state index in [1.807, 2.05) is 24.4 Å². The molecule has 0 spiro atoms. The second kappa shape index (κ2) is 7.02. The molecule has 29 heavy (non-hydrogen) atoms. The highest BCUT2D eigenvalue weighted by Gasteiger charge is 2.31. The molecular weight excluding hydrogens is 413 g/mol. The zero-order valence-corrected chi connectivity index (χ0v) is 16.4. The van der Waals surface area contributed by atoms with Crippen molar-refractivity contribution in [3.05, 3.63) is 63.8 Å². The molecule has 3 aromatic rings. The number of para-hydroxylation sites is 1. The molecule has 144 valence electrons. The van der Waals surface area contributed by atoms with E-state index in [0.717, 1.165) is 17.8 Å². The van der Waals surface area contributed by atoms with Crippen molar-refractivity contribution in [1.29, 1.82) is 0 Å². The molecule has 0 fully saturated rings. The molecule has 5 rings (SSSR count). The van der Waals surface area contributed by atoms with Crippen LogP contribution in [-0.4, -0.2) is 28.8 Å². The summed E-state index contributed by atoms with van der Waals surface area (Å²) < 4.78 is 5.70. The van der Waals surface area contributed by atoms with Gasteiger partial charge in [0.25, 0.3) is 5.91 Å². The third kappa shape index (κ3) is 3.18. The number of nitrogens with one attached hydrogen (secondary N) is 1. The van der Waals surface area contributed by atoms with E-state index in [1.165, 1.54) is 16.7 Å². The molecule has 0 bridgehead atoms. The van der Waals surface area contributed by atoms with Crippen molar-refractivity contribution < 1.29 is 9.53 Å². The molecule has 3 heterocycles. The average Bonchev–Trinajstić information content (AvgIpc) is 3.17. The van der Waals surface area contributed by atoms with Gasteiger partial charge in [0.2, 0.25) is 11.8 Å². The van der Waals surface area contributed by atoms with Gasteiger partial charge in [0.05, 0.1) is 21.4 Å². The molecule has 2 aliphatic heterocycles. The van der Waals surface area contributed by atoms with Crippen molar-refractivity contribution in [3.8, 4) is 5.88 Å². The van der Waals surface area contributed by atoms with Gasteiger partial charge in [0, 0.05) is 24.5 Å². The first-order chi connectivity index (χ1) is 14.1. The summed E-state index contributed by atoms with van der Waals surface area (Å²) in [5.74, 6) is 0.188. The molecule has 2 aromatic carbocycles. The molecular formula is C20H13Cl2N5O2. The van der Waals surface area contributed by atoms with Crippen LogP contribution in [0.2, 0.25) is 10.0 Å². The number of nitrogens with zero attached hydrogens (tertiary/aromatic N) is 4. The molecule has 2 aliphatic rings. The van der Waals surface area contributed by atoms with Crippen molar-refractivity contribution in [3.63, 3.8) is 0 Å². The summed E-state index contributed by atoms with van der Waals surface area (Å²) in [7, 11) is 0. The van der Waals surface area contributed by atoms with Gasteiger partial charge in [-0.2, -0.15) is 4.98 Å². The maximum absolute atomic E-state index is 12.9. The van der Waals surface area contributed by atoms with Crippen molar-refractivity contribution in [2.45, 2.75) is 6.42 Å². The first-order valence-electron chi connectivity index (χ1n) is 8.78. The lowest BCUT2D eigenvalue weighted by atomic mass is 10.1. The largest absolute Gasteiger partial charge is 0.455 e. The van der Waals surface area contributed by atoms with Crippen molar-refractivity contribution in [1.82, 2.24) is 9.97 Å². The van der Waals surface area contributed by atoms with E-state index in [2.05, 4.69) is 20.3 Å². The number of carbonyl (C=O) groups is 1. The number of hydrogen-bond acceptors (Lipinski definition) is 6. The van der Waals surface area contributed by atoms with Gasteiger partial charge >= 0.3 is 0 Å². The van der Waals surface area contributed by atoms with Crippen molar-refractivity contribution >= 4 is 58.3 Å². The van der Waals surface area contributed by atoms with Gasteiger partial charge in [-0.05, 0) is 29.8 Å². The number of benzene rings is 2. The normalized spacial score (nSPS) is 14.4. The standard InChI is InChI=1S/C20H13Cl2N5O2/c21-14-2-1-3-15(22)17(14)27-10-29-18-13(19(27)28)9-24-20(26-18)25-12-5-4-11-6-7-23-16(11)8-12/h1-5,7-9H,6,10H2,(H,24,25,26).